The van der Waals surface area contributed by atoms with Gasteiger partial charge in [0.25, 0.3) is 0 Å². The molecule has 26 heavy (non-hydrogen) atoms. The first-order chi connectivity index (χ1) is 12.5. The van der Waals surface area contributed by atoms with Gasteiger partial charge in [-0.25, -0.2) is 13.2 Å². The molecule has 4 aromatic rings. The van der Waals surface area contributed by atoms with E-state index in [9.17, 15) is 18.0 Å². The number of halogens is 3. The smallest absolute Gasteiger partial charge is 0.249 e. The highest BCUT2D eigenvalue weighted by Crippen LogP contribution is 2.33. The fourth-order valence-electron chi connectivity index (χ4n) is 3.32. The van der Waals surface area contributed by atoms with E-state index < -0.39 is 23.4 Å². The lowest BCUT2D eigenvalue weighted by atomic mass is 10.1. The molecule has 2 N–H and O–H groups in total. The minimum atomic E-state index is -0.938. The van der Waals surface area contributed by atoms with Crippen molar-refractivity contribution in [2.75, 3.05) is 0 Å². The van der Waals surface area contributed by atoms with Crippen LogP contribution in [0.5, 0.6) is 0 Å². The minimum absolute atomic E-state index is 0.227. The molecular weight excluding hydrogens is 341 g/mol. The Labute approximate surface area is 146 Å². The largest absolute Gasteiger partial charge is 0.366 e. The molecular formula is C20H13F3N2O. The van der Waals surface area contributed by atoms with Crippen LogP contribution in [0.25, 0.3) is 21.8 Å². The number of hydrogen-bond donors (Lipinski definition) is 1. The number of primary amides is 1. The van der Waals surface area contributed by atoms with Crippen molar-refractivity contribution in [1.82, 2.24) is 4.57 Å². The van der Waals surface area contributed by atoms with Gasteiger partial charge in [0.2, 0.25) is 5.91 Å². The molecule has 0 fully saturated rings. The standard InChI is InChI=1S/C20H13F3N2O/c21-12-5-7-17-14(9-12)19-13(20(24)26)2-1-3-18(19)25(17)10-11-4-6-15(22)16(23)8-11/h1-9H,10H2,(H2,24,26). The molecule has 130 valence electrons. The van der Waals surface area contributed by atoms with Crippen LogP contribution in [0.15, 0.2) is 54.6 Å². The molecule has 1 amide bonds. The molecule has 0 aliphatic carbocycles. The van der Waals surface area contributed by atoms with E-state index in [1.807, 2.05) is 4.57 Å². The van der Waals surface area contributed by atoms with Gasteiger partial charge < -0.3 is 10.3 Å². The second kappa shape index (κ2) is 5.91. The van der Waals surface area contributed by atoms with E-state index >= 15 is 0 Å². The van der Waals surface area contributed by atoms with Crippen molar-refractivity contribution in [2.24, 2.45) is 5.73 Å². The number of nitrogens with two attached hydrogens (primary N) is 1. The quantitative estimate of drug-likeness (QED) is 0.584. The molecule has 0 unspecified atom stereocenters. The van der Waals surface area contributed by atoms with Gasteiger partial charge in [0.1, 0.15) is 5.82 Å². The third-order valence-corrected chi connectivity index (χ3v) is 4.44. The van der Waals surface area contributed by atoms with Crippen molar-refractivity contribution >= 4 is 27.7 Å². The topological polar surface area (TPSA) is 48.0 Å². The number of carbonyl (C=O) groups is 1. The Morgan fingerprint density at radius 3 is 2.46 bits per heavy atom. The van der Waals surface area contributed by atoms with Crippen LogP contribution in [0.3, 0.4) is 0 Å². The van der Waals surface area contributed by atoms with Crippen LogP contribution < -0.4 is 5.73 Å². The highest BCUT2D eigenvalue weighted by atomic mass is 19.2. The van der Waals surface area contributed by atoms with Crippen LogP contribution in [0.1, 0.15) is 15.9 Å². The summed E-state index contributed by atoms with van der Waals surface area (Å²) in [6.45, 7) is 0.227. The summed E-state index contributed by atoms with van der Waals surface area (Å²) in [7, 11) is 0. The highest BCUT2D eigenvalue weighted by molar-refractivity contribution is 6.17. The van der Waals surface area contributed by atoms with Crippen molar-refractivity contribution in [1.29, 1.82) is 0 Å². The summed E-state index contributed by atoms with van der Waals surface area (Å²) in [5.74, 6) is -2.92. The normalized spacial score (nSPS) is 11.3. The van der Waals surface area contributed by atoms with Gasteiger partial charge in [0.05, 0.1) is 5.52 Å². The zero-order chi connectivity index (χ0) is 18.4. The summed E-state index contributed by atoms with van der Waals surface area (Å²) >= 11 is 0. The molecule has 1 aromatic heterocycles. The van der Waals surface area contributed by atoms with Crippen molar-refractivity contribution in [2.45, 2.75) is 6.54 Å². The number of carbonyl (C=O) groups excluding carboxylic acids is 1. The lowest BCUT2D eigenvalue weighted by molar-refractivity contribution is 0.100. The summed E-state index contributed by atoms with van der Waals surface area (Å²) in [4.78, 5) is 11.8. The molecule has 0 saturated heterocycles. The Morgan fingerprint density at radius 1 is 0.923 bits per heavy atom. The van der Waals surface area contributed by atoms with Crippen molar-refractivity contribution in [3.63, 3.8) is 0 Å². The fraction of sp³-hybridized carbons (Fsp3) is 0.0500. The average molecular weight is 354 g/mol. The maximum Gasteiger partial charge on any atom is 0.249 e. The maximum absolute atomic E-state index is 13.8. The van der Waals surface area contributed by atoms with E-state index in [-0.39, 0.29) is 12.1 Å². The molecule has 3 nitrogen and oxygen atoms in total. The van der Waals surface area contributed by atoms with Gasteiger partial charge in [-0.05, 0) is 48.0 Å². The lowest BCUT2D eigenvalue weighted by Crippen LogP contribution is -2.11. The number of aromatic nitrogens is 1. The SMILES string of the molecule is NC(=O)c1cccc2c1c1cc(F)ccc1n2Cc1ccc(F)c(F)c1. The predicted molar refractivity (Wildman–Crippen MR) is 93.4 cm³/mol. The molecule has 0 radical (unpaired) electrons. The fourth-order valence-corrected chi connectivity index (χ4v) is 3.32. The van der Waals surface area contributed by atoms with E-state index in [4.69, 9.17) is 5.73 Å². The zero-order valence-electron chi connectivity index (χ0n) is 13.5. The maximum atomic E-state index is 13.8. The monoisotopic (exact) mass is 354 g/mol. The van der Waals surface area contributed by atoms with E-state index in [0.29, 0.717) is 27.4 Å². The van der Waals surface area contributed by atoms with Gasteiger partial charge in [-0.15, -0.1) is 0 Å². The zero-order valence-corrected chi connectivity index (χ0v) is 13.5. The van der Waals surface area contributed by atoms with Crippen LogP contribution in [0.2, 0.25) is 0 Å². The molecule has 0 aliphatic rings. The van der Waals surface area contributed by atoms with E-state index in [2.05, 4.69) is 0 Å². The van der Waals surface area contributed by atoms with Crippen LogP contribution in [0, 0.1) is 17.5 Å². The number of amides is 1. The van der Waals surface area contributed by atoms with E-state index in [0.717, 1.165) is 12.1 Å². The van der Waals surface area contributed by atoms with Crippen molar-refractivity contribution in [3.05, 3.63) is 83.2 Å². The summed E-state index contributed by atoms with van der Waals surface area (Å²) in [6, 6.07) is 12.9. The Kier molecular flexibility index (Phi) is 3.68. The third-order valence-electron chi connectivity index (χ3n) is 4.44. The molecule has 0 aliphatic heterocycles. The minimum Gasteiger partial charge on any atom is -0.366 e. The van der Waals surface area contributed by atoms with Crippen LogP contribution in [-0.2, 0) is 6.54 Å². The lowest BCUT2D eigenvalue weighted by Gasteiger charge is -2.08. The molecule has 0 bridgehead atoms. The van der Waals surface area contributed by atoms with Crippen LogP contribution in [-0.4, -0.2) is 10.5 Å². The Balaban J connectivity index is 2.02. The van der Waals surface area contributed by atoms with Gasteiger partial charge in [-0.2, -0.15) is 0 Å². The molecule has 1 heterocycles. The van der Waals surface area contributed by atoms with Gasteiger partial charge in [0, 0.05) is 28.4 Å². The Hall–Kier alpha value is -3.28. The first kappa shape index (κ1) is 16.2. The van der Waals surface area contributed by atoms with E-state index in [1.54, 1.807) is 24.3 Å². The van der Waals surface area contributed by atoms with E-state index in [1.165, 1.54) is 18.2 Å². The second-order valence-corrected chi connectivity index (χ2v) is 6.06. The first-order valence-corrected chi connectivity index (χ1v) is 7.90. The van der Waals surface area contributed by atoms with Crippen LogP contribution >= 0.6 is 0 Å². The summed E-state index contributed by atoms with van der Waals surface area (Å²) in [5.41, 5.74) is 7.62. The van der Waals surface area contributed by atoms with Crippen molar-refractivity contribution in [3.8, 4) is 0 Å². The summed E-state index contributed by atoms with van der Waals surface area (Å²) in [6.07, 6.45) is 0. The summed E-state index contributed by atoms with van der Waals surface area (Å²) in [5, 5.41) is 1.08. The second-order valence-electron chi connectivity index (χ2n) is 6.06. The van der Waals surface area contributed by atoms with Gasteiger partial charge >= 0.3 is 0 Å². The first-order valence-electron chi connectivity index (χ1n) is 7.90. The van der Waals surface area contributed by atoms with Crippen molar-refractivity contribution < 1.29 is 18.0 Å². The number of rotatable bonds is 3. The number of fused-ring (bicyclic) bond motifs is 3. The predicted octanol–water partition coefficient (Wildman–Crippen LogP) is 4.36. The van der Waals surface area contributed by atoms with Crippen LogP contribution in [0.4, 0.5) is 13.2 Å². The third kappa shape index (κ3) is 2.50. The van der Waals surface area contributed by atoms with Gasteiger partial charge in [-0.1, -0.05) is 12.1 Å². The Bertz CT molecular complexity index is 1180. The number of hydrogen-bond acceptors (Lipinski definition) is 1. The highest BCUT2D eigenvalue weighted by Gasteiger charge is 2.17. The van der Waals surface area contributed by atoms with Gasteiger partial charge in [-0.3, -0.25) is 4.79 Å². The van der Waals surface area contributed by atoms with Gasteiger partial charge in [0.15, 0.2) is 11.6 Å². The number of nitrogens with zero attached hydrogens (tertiary/aromatic N) is 1. The Morgan fingerprint density at radius 2 is 1.73 bits per heavy atom. The summed E-state index contributed by atoms with van der Waals surface area (Å²) < 4.78 is 42.4. The molecule has 0 spiro atoms. The average Bonchev–Trinajstić information content (AvgIpc) is 2.91. The molecule has 3 aromatic carbocycles. The molecule has 4 rings (SSSR count). The molecule has 0 saturated carbocycles. The number of benzene rings is 3. The molecule has 6 heteroatoms. The molecule has 0 atom stereocenters.